The number of nitrogens with one attached hydrogen (secondary N) is 1. The molecule has 1 N–H and O–H groups in total. The van der Waals surface area contributed by atoms with Crippen LogP contribution in [-0.2, 0) is 23.5 Å². The van der Waals surface area contributed by atoms with Crippen LogP contribution in [0, 0.1) is 0 Å². The lowest BCUT2D eigenvalue weighted by Gasteiger charge is -2.27. The number of H-pyrrole nitrogens is 1. The molecule has 0 saturated heterocycles. The average molecular weight is 388 g/mol. The van der Waals surface area contributed by atoms with Gasteiger partial charge in [-0.15, -0.1) is 23.1 Å². The third-order valence-corrected chi connectivity index (χ3v) is 6.00. The molecule has 7 nitrogen and oxygen atoms in total. The zero-order chi connectivity index (χ0) is 17.9. The fraction of sp³-hybridized carbons (Fsp3) is 0.294. The molecular weight excluding hydrogens is 372 g/mol. The Morgan fingerprint density at radius 2 is 2.38 bits per heavy atom. The largest absolute Gasteiger partial charge is 0.355 e. The Morgan fingerprint density at radius 1 is 1.46 bits per heavy atom. The summed E-state index contributed by atoms with van der Waals surface area (Å²) >= 11 is 3.11. The predicted octanol–water partition coefficient (Wildman–Crippen LogP) is 2.30. The van der Waals surface area contributed by atoms with E-state index in [1.54, 1.807) is 16.2 Å². The molecule has 1 aliphatic heterocycles. The Bertz CT molecular complexity index is 965. The first kappa shape index (κ1) is 17.0. The van der Waals surface area contributed by atoms with Gasteiger partial charge < -0.3 is 14.4 Å². The van der Waals surface area contributed by atoms with Gasteiger partial charge in [0.1, 0.15) is 0 Å². The predicted molar refractivity (Wildman–Crippen MR) is 100.0 cm³/mol. The summed E-state index contributed by atoms with van der Waals surface area (Å²) in [5.74, 6) is 1.78. The minimum absolute atomic E-state index is 0.0460. The summed E-state index contributed by atoms with van der Waals surface area (Å²) in [4.78, 5) is 33.7. The van der Waals surface area contributed by atoms with Crippen LogP contribution in [0.1, 0.15) is 17.0 Å². The Hall–Kier alpha value is -2.39. The van der Waals surface area contributed by atoms with E-state index in [2.05, 4.69) is 15.1 Å². The third-order valence-electron chi connectivity index (χ3n) is 4.16. The highest BCUT2D eigenvalue weighted by Crippen LogP contribution is 2.26. The molecule has 134 valence electrons. The number of carbonyl (C=O) groups is 1. The standard InChI is InChI=1S/C17H16N4O3S2/c22-16(21-4-3-12-13(7-21)18-10-19-17(12)23)9-25-8-11-6-14(24-20-11)15-2-1-5-26-15/h1-2,5-6,10H,3-4,7-9H2,(H,18,19,23). The molecule has 0 atom stereocenters. The molecule has 1 amide bonds. The summed E-state index contributed by atoms with van der Waals surface area (Å²) in [7, 11) is 0. The van der Waals surface area contributed by atoms with Gasteiger partial charge in [0.25, 0.3) is 5.56 Å². The molecule has 0 fully saturated rings. The van der Waals surface area contributed by atoms with Crippen molar-refractivity contribution in [1.29, 1.82) is 0 Å². The van der Waals surface area contributed by atoms with Crippen molar-refractivity contribution in [3.63, 3.8) is 0 Å². The molecule has 0 unspecified atom stereocenters. The van der Waals surface area contributed by atoms with E-state index in [0.717, 1.165) is 16.3 Å². The molecule has 0 bridgehead atoms. The minimum Gasteiger partial charge on any atom is -0.355 e. The molecule has 0 aliphatic carbocycles. The highest BCUT2D eigenvalue weighted by atomic mass is 32.2. The number of aromatic amines is 1. The smallest absolute Gasteiger partial charge is 0.254 e. The maximum absolute atomic E-state index is 12.4. The Labute approximate surface area is 157 Å². The van der Waals surface area contributed by atoms with Crippen LogP contribution in [-0.4, -0.2) is 38.2 Å². The van der Waals surface area contributed by atoms with Crippen molar-refractivity contribution >= 4 is 29.0 Å². The van der Waals surface area contributed by atoms with Gasteiger partial charge in [-0.05, 0) is 17.9 Å². The van der Waals surface area contributed by atoms with Gasteiger partial charge >= 0.3 is 0 Å². The van der Waals surface area contributed by atoms with Crippen molar-refractivity contribution in [3.8, 4) is 10.6 Å². The van der Waals surface area contributed by atoms with Crippen LogP contribution in [0.3, 0.4) is 0 Å². The summed E-state index contributed by atoms with van der Waals surface area (Å²) in [6, 6.07) is 5.87. The van der Waals surface area contributed by atoms with Crippen LogP contribution in [0.15, 0.2) is 39.2 Å². The summed E-state index contributed by atoms with van der Waals surface area (Å²) in [5.41, 5.74) is 2.09. The fourth-order valence-corrected chi connectivity index (χ4v) is 4.31. The number of nitrogens with zero attached hydrogens (tertiary/aromatic N) is 3. The maximum Gasteiger partial charge on any atom is 0.254 e. The first-order valence-corrected chi connectivity index (χ1v) is 10.1. The van der Waals surface area contributed by atoms with E-state index in [0.29, 0.717) is 42.3 Å². The summed E-state index contributed by atoms with van der Waals surface area (Å²) in [6.07, 6.45) is 1.93. The van der Waals surface area contributed by atoms with E-state index in [-0.39, 0.29) is 11.5 Å². The molecule has 1 aliphatic rings. The number of aromatic nitrogens is 3. The van der Waals surface area contributed by atoms with Gasteiger partial charge in [-0.1, -0.05) is 11.2 Å². The normalized spacial score (nSPS) is 13.6. The van der Waals surface area contributed by atoms with Crippen molar-refractivity contribution in [2.24, 2.45) is 0 Å². The molecule has 9 heteroatoms. The topological polar surface area (TPSA) is 92.1 Å². The molecular formula is C17H16N4O3S2. The van der Waals surface area contributed by atoms with E-state index < -0.39 is 0 Å². The average Bonchev–Trinajstić information content (AvgIpc) is 3.33. The lowest BCUT2D eigenvalue weighted by Crippen LogP contribution is -2.39. The van der Waals surface area contributed by atoms with Crippen LogP contribution in [0.4, 0.5) is 0 Å². The van der Waals surface area contributed by atoms with E-state index in [9.17, 15) is 9.59 Å². The number of carbonyl (C=O) groups excluding carboxylic acids is 1. The number of hydrogen-bond acceptors (Lipinski definition) is 7. The van der Waals surface area contributed by atoms with E-state index in [4.69, 9.17) is 4.52 Å². The quantitative estimate of drug-likeness (QED) is 0.721. The van der Waals surface area contributed by atoms with Crippen molar-refractivity contribution in [2.45, 2.75) is 18.7 Å². The fourth-order valence-electron chi connectivity index (χ4n) is 2.83. The molecule has 0 saturated carbocycles. The van der Waals surface area contributed by atoms with Crippen LogP contribution in [0.25, 0.3) is 10.6 Å². The second-order valence-electron chi connectivity index (χ2n) is 5.87. The molecule has 3 aromatic heterocycles. The molecule has 4 rings (SSSR count). The van der Waals surface area contributed by atoms with Gasteiger partial charge in [0.05, 0.1) is 34.9 Å². The van der Waals surface area contributed by atoms with E-state index in [1.165, 1.54) is 18.1 Å². The van der Waals surface area contributed by atoms with Crippen LogP contribution >= 0.6 is 23.1 Å². The first-order valence-electron chi connectivity index (χ1n) is 8.11. The summed E-state index contributed by atoms with van der Waals surface area (Å²) in [5, 5.41) is 6.05. The SMILES string of the molecule is O=C(CSCc1cc(-c2cccs2)on1)N1CCc2c(nc[nH]c2=O)C1. The number of thiophene rings is 1. The molecule has 4 heterocycles. The Morgan fingerprint density at radius 3 is 3.23 bits per heavy atom. The van der Waals surface area contributed by atoms with Crippen LogP contribution < -0.4 is 5.56 Å². The number of thioether (sulfide) groups is 1. The summed E-state index contributed by atoms with van der Waals surface area (Å²) in [6.45, 7) is 0.943. The summed E-state index contributed by atoms with van der Waals surface area (Å²) < 4.78 is 5.34. The van der Waals surface area contributed by atoms with Crippen molar-refractivity contribution < 1.29 is 9.32 Å². The lowest BCUT2D eigenvalue weighted by molar-refractivity contribution is -0.129. The van der Waals surface area contributed by atoms with E-state index >= 15 is 0 Å². The molecule has 3 aromatic rings. The van der Waals surface area contributed by atoms with Crippen LogP contribution in [0.2, 0.25) is 0 Å². The third kappa shape index (κ3) is 3.58. The van der Waals surface area contributed by atoms with Gasteiger partial charge in [0, 0.05) is 23.9 Å². The highest BCUT2D eigenvalue weighted by molar-refractivity contribution is 7.99. The van der Waals surface area contributed by atoms with Crippen molar-refractivity contribution in [2.75, 3.05) is 12.3 Å². The zero-order valence-electron chi connectivity index (χ0n) is 13.8. The lowest BCUT2D eigenvalue weighted by atomic mass is 10.1. The number of fused-ring (bicyclic) bond motifs is 1. The number of amides is 1. The highest BCUT2D eigenvalue weighted by Gasteiger charge is 2.23. The van der Waals surface area contributed by atoms with Gasteiger partial charge in [-0.2, -0.15) is 0 Å². The van der Waals surface area contributed by atoms with Crippen LogP contribution in [0.5, 0.6) is 0 Å². The maximum atomic E-state index is 12.4. The molecule has 0 aromatic carbocycles. The van der Waals surface area contributed by atoms with E-state index in [1.807, 2.05) is 23.6 Å². The van der Waals surface area contributed by atoms with Gasteiger partial charge in [-0.25, -0.2) is 4.98 Å². The van der Waals surface area contributed by atoms with Gasteiger partial charge in [0.2, 0.25) is 5.91 Å². The van der Waals surface area contributed by atoms with Gasteiger partial charge in [-0.3, -0.25) is 9.59 Å². The number of rotatable bonds is 5. The molecule has 26 heavy (non-hydrogen) atoms. The molecule has 0 radical (unpaired) electrons. The monoisotopic (exact) mass is 388 g/mol. The van der Waals surface area contributed by atoms with Crippen molar-refractivity contribution in [3.05, 3.63) is 57.2 Å². The second kappa shape index (κ2) is 7.46. The molecule has 0 spiro atoms. The minimum atomic E-state index is -0.107. The number of hydrogen-bond donors (Lipinski definition) is 1. The Balaban J connectivity index is 1.30. The second-order valence-corrected chi connectivity index (χ2v) is 7.81. The zero-order valence-corrected chi connectivity index (χ0v) is 15.4. The van der Waals surface area contributed by atoms with Gasteiger partial charge in [0.15, 0.2) is 5.76 Å². The first-order chi connectivity index (χ1) is 12.7. The van der Waals surface area contributed by atoms with Crippen molar-refractivity contribution in [1.82, 2.24) is 20.0 Å². The Kier molecular flexibility index (Phi) is 4.89.